The molecule has 0 saturated carbocycles. The predicted octanol–water partition coefficient (Wildman–Crippen LogP) is 6.51. The van der Waals surface area contributed by atoms with E-state index in [2.05, 4.69) is 62.5 Å². The Kier molecular flexibility index (Phi) is 8.51. The number of rotatable bonds is 10. The van der Waals surface area contributed by atoms with Gasteiger partial charge in [-0.3, -0.25) is 4.79 Å². The summed E-state index contributed by atoms with van der Waals surface area (Å²) >= 11 is 13.1. The number of nitrogens with one attached hydrogen (secondary N) is 1. The van der Waals surface area contributed by atoms with Crippen molar-refractivity contribution in [3.63, 3.8) is 0 Å². The van der Waals surface area contributed by atoms with E-state index in [9.17, 15) is 4.79 Å². The summed E-state index contributed by atoms with van der Waals surface area (Å²) in [5, 5.41) is 14.2. The van der Waals surface area contributed by atoms with Gasteiger partial charge in [0.2, 0.25) is 0 Å². The third-order valence-electron chi connectivity index (χ3n) is 5.67. The summed E-state index contributed by atoms with van der Waals surface area (Å²) in [5.74, 6) is 0.453. The second kappa shape index (κ2) is 12.4. The Labute approximate surface area is 239 Å². The number of para-hydroxylation sites is 1. The van der Waals surface area contributed by atoms with Gasteiger partial charge in [0.1, 0.15) is 5.75 Å². The minimum absolute atomic E-state index is 0.0306. The van der Waals surface area contributed by atoms with Crippen molar-refractivity contribution in [3.8, 4) is 5.75 Å². The number of aromatic nitrogens is 3. The van der Waals surface area contributed by atoms with Crippen LogP contribution >= 0.6 is 35.0 Å². The number of nitrogens with zero attached hydrogens (tertiary/aromatic N) is 4. The van der Waals surface area contributed by atoms with Crippen molar-refractivity contribution in [3.05, 3.63) is 106 Å². The maximum Gasteiger partial charge on any atom is 0.277 e. The van der Waals surface area contributed by atoms with Gasteiger partial charge in [0.15, 0.2) is 6.61 Å². The molecule has 1 N–H and O–H groups in total. The van der Waals surface area contributed by atoms with Crippen molar-refractivity contribution in [2.45, 2.75) is 25.3 Å². The Morgan fingerprint density at radius 3 is 2.85 bits per heavy atom. The van der Waals surface area contributed by atoms with Crippen molar-refractivity contribution in [2.24, 2.45) is 5.10 Å². The number of aryl methyl sites for hydroxylation is 1. The molecule has 2 heterocycles. The van der Waals surface area contributed by atoms with E-state index in [1.165, 1.54) is 11.1 Å². The minimum Gasteiger partial charge on any atom is -0.482 e. The van der Waals surface area contributed by atoms with Crippen molar-refractivity contribution in [1.82, 2.24) is 20.2 Å². The molecule has 0 unspecified atom stereocenters. The molecule has 0 saturated heterocycles. The van der Waals surface area contributed by atoms with Crippen molar-refractivity contribution in [2.75, 3.05) is 5.75 Å². The van der Waals surface area contributed by atoms with E-state index in [1.54, 1.807) is 24.4 Å². The minimum atomic E-state index is -0.302. The van der Waals surface area contributed by atoms with Crippen LogP contribution in [0.3, 0.4) is 0 Å². The van der Waals surface area contributed by atoms with Gasteiger partial charge in [-0.15, -0.1) is 10.2 Å². The number of ether oxygens (including phenoxy) is 1. The van der Waals surface area contributed by atoms with E-state index in [1.807, 2.05) is 24.4 Å². The first-order valence-electron chi connectivity index (χ1n) is 11.9. The maximum atomic E-state index is 12.3. The Morgan fingerprint density at radius 2 is 2.00 bits per heavy atom. The normalized spacial score (nSPS) is 11.4. The molecule has 0 aliphatic carbocycles. The molecule has 11 heteroatoms. The van der Waals surface area contributed by atoms with Gasteiger partial charge in [0.05, 0.1) is 17.0 Å². The van der Waals surface area contributed by atoms with Gasteiger partial charge in [-0.25, -0.2) is 5.43 Å². The number of fused-ring (bicyclic) bond motifs is 1. The Bertz CT molecular complexity index is 1650. The fourth-order valence-electron chi connectivity index (χ4n) is 3.94. The molecular weight excluding hydrogens is 557 g/mol. The Hall–Kier alpha value is -3.79. The molecule has 2 aromatic heterocycles. The van der Waals surface area contributed by atoms with Gasteiger partial charge in [0, 0.05) is 34.2 Å². The van der Waals surface area contributed by atoms with E-state index < -0.39 is 0 Å². The number of hydrogen-bond acceptors (Lipinski definition) is 7. The number of hydrazone groups is 1. The number of hydrogen-bond donors (Lipinski definition) is 1. The Balaban J connectivity index is 1.14. The van der Waals surface area contributed by atoms with Gasteiger partial charge < -0.3 is 13.7 Å². The molecule has 0 radical (unpaired) electrons. The lowest BCUT2D eigenvalue weighted by Gasteiger charge is -2.06. The lowest BCUT2D eigenvalue weighted by molar-refractivity contribution is -0.118. The van der Waals surface area contributed by atoms with Gasteiger partial charge in [0.25, 0.3) is 17.0 Å². The fraction of sp³-hybridized carbons (Fsp3) is 0.143. The van der Waals surface area contributed by atoms with E-state index in [-0.39, 0.29) is 29.4 Å². The first kappa shape index (κ1) is 26.8. The SMILES string of the molecule is Cc1cccc(Cn2cc(/C=N\NC(=O)CSc3nnc(COc4ccc(Cl)cc4Cl)o3)c3ccccc32)c1. The summed E-state index contributed by atoms with van der Waals surface area (Å²) in [6, 6.07) is 21.5. The highest BCUT2D eigenvalue weighted by molar-refractivity contribution is 7.99. The molecule has 0 spiro atoms. The number of thioether (sulfide) groups is 1. The van der Waals surface area contributed by atoms with Gasteiger partial charge in [-0.1, -0.05) is 83.0 Å². The van der Waals surface area contributed by atoms with E-state index >= 15 is 0 Å². The Morgan fingerprint density at radius 1 is 1.13 bits per heavy atom. The van der Waals surface area contributed by atoms with E-state index in [0.717, 1.165) is 34.8 Å². The summed E-state index contributed by atoms with van der Waals surface area (Å²) in [6.07, 6.45) is 3.69. The van der Waals surface area contributed by atoms with E-state index in [0.29, 0.717) is 15.8 Å². The molecular formula is C28H23Cl2N5O3S. The topological polar surface area (TPSA) is 94.5 Å². The molecule has 0 aliphatic heterocycles. The maximum absolute atomic E-state index is 12.3. The first-order valence-corrected chi connectivity index (χ1v) is 13.7. The van der Waals surface area contributed by atoms with Crippen LogP contribution in [-0.2, 0) is 17.9 Å². The van der Waals surface area contributed by atoms with Crippen molar-refractivity contribution < 1.29 is 13.9 Å². The van der Waals surface area contributed by atoms with Crippen LogP contribution in [-0.4, -0.2) is 32.6 Å². The lowest BCUT2D eigenvalue weighted by atomic mass is 10.1. The van der Waals surface area contributed by atoms with Gasteiger partial charge in [-0.2, -0.15) is 5.10 Å². The summed E-state index contributed by atoms with van der Waals surface area (Å²) in [4.78, 5) is 12.3. The van der Waals surface area contributed by atoms with Crippen LogP contribution < -0.4 is 10.2 Å². The fourth-order valence-corrected chi connectivity index (χ4v) is 4.97. The van der Waals surface area contributed by atoms with Crippen LogP contribution in [0.2, 0.25) is 10.0 Å². The standard InChI is InChI=1S/C28H23Cl2N5O3S/c1-18-5-4-6-19(11-18)14-35-15-20(22-7-2-3-8-24(22)35)13-31-32-26(36)17-39-28-34-33-27(38-28)16-37-25-10-9-21(29)12-23(25)30/h2-13,15H,14,16-17H2,1H3,(H,32,36)/b31-13-. The molecule has 198 valence electrons. The molecule has 0 atom stereocenters. The van der Waals surface area contributed by atoms with Crippen molar-refractivity contribution in [1.29, 1.82) is 0 Å². The van der Waals surface area contributed by atoms with Crippen LogP contribution in [0.25, 0.3) is 10.9 Å². The highest BCUT2D eigenvalue weighted by Gasteiger charge is 2.12. The summed E-state index contributed by atoms with van der Waals surface area (Å²) < 4.78 is 13.3. The highest BCUT2D eigenvalue weighted by Crippen LogP contribution is 2.28. The third kappa shape index (κ3) is 7.00. The average molecular weight is 580 g/mol. The molecule has 8 nitrogen and oxygen atoms in total. The molecule has 3 aromatic carbocycles. The summed E-state index contributed by atoms with van der Waals surface area (Å²) in [5.41, 5.74) is 7.00. The number of benzene rings is 3. The lowest BCUT2D eigenvalue weighted by Crippen LogP contribution is -2.19. The van der Waals surface area contributed by atoms with Crippen LogP contribution in [0.1, 0.15) is 22.6 Å². The second-order valence-corrected chi connectivity index (χ2v) is 10.4. The van der Waals surface area contributed by atoms with Crippen LogP contribution in [0.4, 0.5) is 0 Å². The van der Waals surface area contributed by atoms with Crippen LogP contribution in [0.5, 0.6) is 5.75 Å². The zero-order valence-corrected chi connectivity index (χ0v) is 23.1. The molecule has 0 aliphatic rings. The molecule has 39 heavy (non-hydrogen) atoms. The summed E-state index contributed by atoms with van der Waals surface area (Å²) in [7, 11) is 0. The summed E-state index contributed by atoms with van der Waals surface area (Å²) in [6.45, 7) is 2.85. The number of carbonyl (C=O) groups excluding carboxylic acids is 1. The largest absolute Gasteiger partial charge is 0.482 e. The van der Waals surface area contributed by atoms with Crippen molar-refractivity contribution >= 4 is 58.0 Å². The molecule has 5 rings (SSSR count). The molecule has 1 amide bonds. The number of halogens is 2. The van der Waals surface area contributed by atoms with Gasteiger partial charge >= 0.3 is 0 Å². The zero-order chi connectivity index (χ0) is 27.2. The second-order valence-electron chi connectivity index (χ2n) is 8.63. The quantitative estimate of drug-likeness (QED) is 0.115. The highest BCUT2D eigenvalue weighted by atomic mass is 35.5. The smallest absolute Gasteiger partial charge is 0.277 e. The molecule has 5 aromatic rings. The van der Waals surface area contributed by atoms with Crippen LogP contribution in [0, 0.1) is 6.92 Å². The van der Waals surface area contributed by atoms with Gasteiger partial charge in [-0.05, 0) is 36.8 Å². The monoisotopic (exact) mass is 579 g/mol. The molecule has 0 bridgehead atoms. The predicted molar refractivity (Wildman–Crippen MR) is 154 cm³/mol. The number of carbonyl (C=O) groups is 1. The first-order chi connectivity index (χ1) is 18.9. The number of amides is 1. The average Bonchev–Trinajstić information content (AvgIpc) is 3.52. The zero-order valence-electron chi connectivity index (χ0n) is 20.8. The third-order valence-corrected chi connectivity index (χ3v) is 7.02. The van der Waals surface area contributed by atoms with E-state index in [4.69, 9.17) is 32.4 Å². The molecule has 0 fully saturated rings. The van der Waals surface area contributed by atoms with Crippen LogP contribution in [0.15, 0.2) is 87.7 Å².